The molecule has 1 heterocycles. The Balaban J connectivity index is 1.80. The van der Waals surface area contributed by atoms with E-state index < -0.39 is 17.9 Å². The molecule has 1 aliphatic carbocycles. The highest BCUT2D eigenvalue weighted by molar-refractivity contribution is 6.32. The zero-order chi connectivity index (χ0) is 28.1. The van der Waals surface area contributed by atoms with Crippen LogP contribution in [0.25, 0.3) is 0 Å². The quantitative estimate of drug-likeness (QED) is 0.366. The first kappa shape index (κ1) is 26.3. The lowest BCUT2D eigenvalue weighted by Gasteiger charge is -2.37. The van der Waals surface area contributed by atoms with E-state index in [1.165, 1.54) is 42.3 Å². The van der Waals surface area contributed by atoms with Gasteiger partial charge in [0.15, 0.2) is 5.78 Å². The number of aromatic hydroxyl groups is 1. The van der Waals surface area contributed by atoms with Crippen LogP contribution in [-0.2, 0) is 4.79 Å². The van der Waals surface area contributed by atoms with E-state index in [0.29, 0.717) is 45.4 Å². The van der Waals surface area contributed by atoms with Crippen LogP contribution in [-0.4, -0.2) is 29.8 Å². The number of primary amides is 1. The second-order valence-corrected chi connectivity index (χ2v) is 10.9. The number of benzene rings is 3. The van der Waals surface area contributed by atoms with E-state index in [1.54, 1.807) is 30.3 Å². The van der Waals surface area contributed by atoms with Crippen molar-refractivity contribution < 1.29 is 24.2 Å². The number of nitrogens with zero attached hydrogens (tertiary/aromatic N) is 1. The minimum Gasteiger partial charge on any atom is -0.506 e. The Hall–Kier alpha value is -4.30. The zero-order valence-corrected chi connectivity index (χ0v) is 22.5. The fourth-order valence-corrected chi connectivity index (χ4v) is 5.61. The van der Waals surface area contributed by atoms with Crippen molar-refractivity contribution >= 4 is 40.6 Å². The summed E-state index contributed by atoms with van der Waals surface area (Å²) >= 11 is 6.79. The van der Waals surface area contributed by atoms with Crippen molar-refractivity contribution in [2.24, 2.45) is 11.1 Å². The standard InChI is InChI=1S/C30H28ClN3O5/c1-30(2)14-21-25(24(36)15-30)27(19-12-11-18(39-3)13-20(19)31)34(22-5-4-6-23(35)26(22)33-21)29(38)17-9-7-16(8-10-17)28(32)37/h4-13,27,33,35H,14-15H2,1-3H3,(H2,32,37). The molecule has 0 bridgehead atoms. The fraction of sp³-hybridized carbons (Fsp3) is 0.233. The van der Waals surface area contributed by atoms with Gasteiger partial charge < -0.3 is 20.9 Å². The number of allylic oxidation sites excluding steroid dienone is 1. The number of phenols is 1. The Morgan fingerprint density at radius 3 is 2.41 bits per heavy atom. The Morgan fingerprint density at radius 2 is 1.77 bits per heavy atom. The van der Waals surface area contributed by atoms with Gasteiger partial charge in [0.25, 0.3) is 5.91 Å². The molecule has 9 heteroatoms. The number of para-hydroxylation sites is 1. The summed E-state index contributed by atoms with van der Waals surface area (Å²) in [4.78, 5) is 41.3. The summed E-state index contributed by atoms with van der Waals surface area (Å²) in [6.07, 6.45) is 0.789. The first-order valence-corrected chi connectivity index (χ1v) is 12.8. The van der Waals surface area contributed by atoms with Crippen molar-refractivity contribution in [2.75, 3.05) is 17.3 Å². The number of methoxy groups -OCH3 is 1. The second kappa shape index (κ2) is 9.78. The molecule has 1 unspecified atom stereocenters. The first-order chi connectivity index (χ1) is 18.5. The summed E-state index contributed by atoms with van der Waals surface area (Å²) in [5.41, 5.74) is 7.80. The molecule has 2 aliphatic rings. The SMILES string of the molecule is COc1ccc(C2C3=C(CC(C)(C)CC3=O)Nc3c(O)cccc3N2C(=O)c2ccc(C(N)=O)cc2)c(Cl)c1. The molecule has 39 heavy (non-hydrogen) atoms. The normalized spacial score (nSPS) is 18.0. The minimum atomic E-state index is -0.916. The molecule has 1 aliphatic heterocycles. The molecule has 3 aromatic carbocycles. The Labute approximate surface area is 231 Å². The lowest BCUT2D eigenvalue weighted by atomic mass is 9.73. The number of nitrogens with one attached hydrogen (secondary N) is 1. The van der Waals surface area contributed by atoms with Gasteiger partial charge in [-0.3, -0.25) is 19.3 Å². The number of anilines is 2. The highest BCUT2D eigenvalue weighted by Gasteiger charge is 2.44. The number of amides is 2. The summed E-state index contributed by atoms with van der Waals surface area (Å²) in [6.45, 7) is 4.01. The largest absolute Gasteiger partial charge is 0.506 e. The third kappa shape index (κ3) is 4.72. The Morgan fingerprint density at radius 1 is 1.08 bits per heavy atom. The number of ketones is 1. The van der Waals surface area contributed by atoms with E-state index in [9.17, 15) is 19.5 Å². The maximum atomic E-state index is 14.3. The number of fused-ring (bicyclic) bond motifs is 1. The fourth-order valence-electron chi connectivity index (χ4n) is 5.33. The predicted molar refractivity (Wildman–Crippen MR) is 149 cm³/mol. The number of hydrogen-bond donors (Lipinski definition) is 3. The van der Waals surface area contributed by atoms with Crippen LogP contribution < -0.4 is 20.7 Å². The van der Waals surface area contributed by atoms with Gasteiger partial charge in [0.1, 0.15) is 17.2 Å². The Kier molecular flexibility index (Phi) is 6.60. The van der Waals surface area contributed by atoms with Gasteiger partial charge in [-0.1, -0.05) is 37.6 Å². The number of phenolic OH excluding ortho intramolecular Hbond substituents is 1. The molecule has 0 radical (unpaired) electrons. The van der Waals surface area contributed by atoms with E-state index in [4.69, 9.17) is 22.1 Å². The third-order valence-electron chi connectivity index (χ3n) is 7.14. The molecule has 0 aromatic heterocycles. The average molecular weight is 546 g/mol. The summed E-state index contributed by atoms with van der Waals surface area (Å²) in [6, 6.07) is 15.0. The number of ether oxygens (including phenoxy) is 1. The van der Waals surface area contributed by atoms with E-state index in [1.807, 2.05) is 13.8 Å². The lowest BCUT2D eigenvalue weighted by Crippen LogP contribution is -2.39. The van der Waals surface area contributed by atoms with Crippen LogP contribution in [0.3, 0.4) is 0 Å². The number of nitrogens with two attached hydrogens (primary N) is 1. The molecule has 200 valence electrons. The van der Waals surface area contributed by atoms with Crippen LogP contribution in [0.4, 0.5) is 11.4 Å². The van der Waals surface area contributed by atoms with Crippen molar-refractivity contribution in [1.82, 2.24) is 0 Å². The van der Waals surface area contributed by atoms with Gasteiger partial charge in [-0.05, 0) is 65.9 Å². The monoisotopic (exact) mass is 545 g/mol. The molecule has 0 spiro atoms. The van der Waals surface area contributed by atoms with Crippen molar-refractivity contribution in [3.8, 4) is 11.5 Å². The number of halogens is 1. The van der Waals surface area contributed by atoms with Gasteiger partial charge >= 0.3 is 0 Å². The number of carbonyl (C=O) groups is 3. The molecule has 5 rings (SSSR count). The van der Waals surface area contributed by atoms with Gasteiger partial charge in [-0.2, -0.15) is 0 Å². The van der Waals surface area contributed by atoms with E-state index in [0.717, 1.165) is 0 Å². The Bertz CT molecular complexity index is 1540. The lowest BCUT2D eigenvalue weighted by molar-refractivity contribution is -0.118. The van der Waals surface area contributed by atoms with Gasteiger partial charge in [-0.15, -0.1) is 0 Å². The average Bonchev–Trinajstić information content (AvgIpc) is 3.02. The van der Waals surface area contributed by atoms with Gasteiger partial charge in [0.05, 0.1) is 18.8 Å². The van der Waals surface area contributed by atoms with E-state index in [-0.39, 0.29) is 34.5 Å². The predicted octanol–water partition coefficient (Wildman–Crippen LogP) is 5.61. The maximum absolute atomic E-state index is 14.3. The summed E-state index contributed by atoms with van der Waals surface area (Å²) in [7, 11) is 1.53. The summed E-state index contributed by atoms with van der Waals surface area (Å²) in [5.74, 6) is -0.739. The first-order valence-electron chi connectivity index (χ1n) is 12.4. The number of rotatable bonds is 4. The number of Topliss-reactive ketones (excluding diaryl/α,β-unsaturated/α-hetero) is 1. The highest BCUT2D eigenvalue weighted by atomic mass is 35.5. The molecule has 0 saturated heterocycles. The molecule has 1 atom stereocenters. The van der Waals surface area contributed by atoms with Crippen LogP contribution in [0.2, 0.25) is 5.02 Å². The number of hydrogen-bond acceptors (Lipinski definition) is 6. The minimum absolute atomic E-state index is 0.0708. The van der Waals surface area contributed by atoms with Gasteiger partial charge in [-0.25, -0.2) is 0 Å². The third-order valence-corrected chi connectivity index (χ3v) is 7.47. The second-order valence-electron chi connectivity index (χ2n) is 10.5. The smallest absolute Gasteiger partial charge is 0.259 e. The molecular weight excluding hydrogens is 518 g/mol. The number of carbonyl (C=O) groups excluding carboxylic acids is 3. The molecule has 3 aromatic rings. The molecule has 4 N–H and O–H groups in total. The maximum Gasteiger partial charge on any atom is 0.259 e. The molecule has 0 fully saturated rings. The zero-order valence-electron chi connectivity index (χ0n) is 21.7. The van der Waals surface area contributed by atoms with Crippen molar-refractivity contribution in [2.45, 2.75) is 32.7 Å². The van der Waals surface area contributed by atoms with Gasteiger partial charge in [0.2, 0.25) is 5.91 Å². The van der Waals surface area contributed by atoms with Crippen LogP contribution in [0, 0.1) is 5.41 Å². The molecule has 8 nitrogen and oxygen atoms in total. The van der Waals surface area contributed by atoms with Crippen molar-refractivity contribution in [1.29, 1.82) is 0 Å². The van der Waals surface area contributed by atoms with E-state index >= 15 is 0 Å². The molecule has 0 saturated carbocycles. The molecule has 2 amide bonds. The van der Waals surface area contributed by atoms with Crippen LogP contribution >= 0.6 is 11.6 Å². The topological polar surface area (TPSA) is 122 Å². The van der Waals surface area contributed by atoms with Crippen LogP contribution in [0.1, 0.15) is 59.0 Å². The highest BCUT2D eigenvalue weighted by Crippen LogP contribution is 2.51. The van der Waals surface area contributed by atoms with Crippen LogP contribution in [0.15, 0.2) is 71.9 Å². The summed E-state index contributed by atoms with van der Waals surface area (Å²) in [5, 5.41) is 14.5. The summed E-state index contributed by atoms with van der Waals surface area (Å²) < 4.78 is 5.34. The van der Waals surface area contributed by atoms with Crippen molar-refractivity contribution in [3.63, 3.8) is 0 Å². The van der Waals surface area contributed by atoms with Crippen LogP contribution in [0.5, 0.6) is 11.5 Å². The van der Waals surface area contributed by atoms with E-state index in [2.05, 4.69) is 5.32 Å². The van der Waals surface area contributed by atoms with Gasteiger partial charge in [0, 0.05) is 33.8 Å². The molecular formula is C30H28ClN3O5. The van der Waals surface area contributed by atoms with Crippen molar-refractivity contribution in [3.05, 3.63) is 93.6 Å².